The predicted octanol–water partition coefficient (Wildman–Crippen LogP) is 2.77. The van der Waals surface area contributed by atoms with Crippen molar-refractivity contribution in [1.82, 2.24) is 20.1 Å². The van der Waals surface area contributed by atoms with Crippen LogP contribution in [0, 0.1) is 3.57 Å². The maximum atomic E-state index is 6.18. The van der Waals surface area contributed by atoms with Crippen molar-refractivity contribution in [3.8, 4) is 0 Å². The smallest absolute Gasteiger partial charge is 0.148 e. The molecule has 1 heterocycles. The zero-order valence-corrected chi connectivity index (χ0v) is 13.1. The third kappa shape index (κ3) is 2.84. The SMILES string of the molecule is CCNC(c1ccc(I)c(Cl)c1)c1ncnn1C. The molecule has 0 radical (unpaired) electrons. The third-order valence-corrected chi connectivity index (χ3v) is 4.26. The van der Waals surface area contributed by atoms with Gasteiger partial charge in [-0.3, -0.25) is 4.68 Å². The van der Waals surface area contributed by atoms with Crippen LogP contribution in [0.2, 0.25) is 5.02 Å². The van der Waals surface area contributed by atoms with Crippen molar-refractivity contribution in [2.75, 3.05) is 6.54 Å². The molecule has 0 amide bonds. The van der Waals surface area contributed by atoms with E-state index in [1.807, 2.05) is 19.2 Å². The molecular formula is C12H14ClIN4. The first-order chi connectivity index (χ1) is 8.63. The molecule has 1 aromatic carbocycles. The van der Waals surface area contributed by atoms with Gasteiger partial charge in [-0.2, -0.15) is 5.10 Å². The standard InChI is InChI=1S/C12H14ClIN4/c1-3-15-11(12-16-7-17-18(12)2)8-4-5-10(14)9(13)6-8/h4-7,11,15H,3H2,1-2H3. The van der Waals surface area contributed by atoms with E-state index >= 15 is 0 Å². The van der Waals surface area contributed by atoms with Crippen LogP contribution >= 0.6 is 34.2 Å². The molecule has 4 nitrogen and oxygen atoms in total. The lowest BCUT2D eigenvalue weighted by atomic mass is 10.1. The van der Waals surface area contributed by atoms with E-state index in [1.54, 1.807) is 11.0 Å². The van der Waals surface area contributed by atoms with Gasteiger partial charge in [0.25, 0.3) is 0 Å². The number of nitrogens with one attached hydrogen (secondary N) is 1. The average molecular weight is 377 g/mol. The highest BCUT2D eigenvalue weighted by molar-refractivity contribution is 14.1. The maximum absolute atomic E-state index is 6.18. The monoisotopic (exact) mass is 376 g/mol. The normalized spacial score (nSPS) is 12.7. The van der Waals surface area contributed by atoms with Gasteiger partial charge in [0.05, 0.1) is 11.1 Å². The minimum Gasteiger partial charge on any atom is -0.304 e. The molecule has 0 aliphatic heterocycles. The van der Waals surface area contributed by atoms with Crippen LogP contribution in [0.15, 0.2) is 24.5 Å². The first-order valence-electron chi connectivity index (χ1n) is 5.65. The summed E-state index contributed by atoms with van der Waals surface area (Å²) in [5.74, 6) is 0.883. The van der Waals surface area contributed by atoms with Crippen LogP contribution in [0.1, 0.15) is 24.4 Å². The van der Waals surface area contributed by atoms with Gasteiger partial charge in [-0.05, 0) is 46.8 Å². The van der Waals surface area contributed by atoms with E-state index in [0.717, 1.165) is 26.5 Å². The summed E-state index contributed by atoms with van der Waals surface area (Å²) in [5.41, 5.74) is 1.10. The van der Waals surface area contributed by atoms with Gasteiger partial charge < -0.3 is 5.32 Å². The summed E-state index contributed by atoms with van der Waals surface area (Å²) in [6, 6.07) is 6.07. The number of benzene rings is 1. The molecule has 2 rings (SSSR count). The highest BCUT2D eigenvalue weighted by atomic mass is 127. The van der Waals surface area contributed by atoms with E-state index < -0.39 is 0 Å². The van der Waals surface area contributed by atoms with Crippen LogP contribution in [-0.2, 0) is 7.05 Å². The number of rotatable bonds is 4. The van der Waals surface area contributed by atoms with Crippen LogP contribution in [0.25, 0.3) is 0 Å². The Balaban J connectivity index is 2.41. The Morgan fingerprint density at radius 2 is 2.28 bits per heavy atom. The average Bonchev–Trinajstić information content (AvgIpc) is 2.76. The van der Waals surface area contributed by atoms with Crippen LogP contribution in [0.5, 0.6) is 0 Å². The molecule has 1 aromatic heterocycles. The molecule has 1 atom stereocenters. The van der Waals surface area contributed by atoms with Gasteiger partial charge in [0.1, 0.15) is 12.2 Å². The number of aryl methyl sites for hydroxylation is 1. The fourth-order valence-corrected chi connectivity index (χ4v) is 2.35. The third-order valence-electron chi connectivity index (χ3n) is 2.69. The zero-order chi connectivity index (χ0) is 13.1. The van der Waals surface area contributed by atoms with E-state index in [9.17, 15) is 0 Å². The summed E-state index contributed by atoms with van der Waals surface area (Å²) >= 11 is 8.40. The van der Waals surface area contributed by atoms with E-state index in [0.29, 0.717) is 0 Å². The molecule has 6 heteroatoms. The van der Waals surface area contributed by atoms with Crippen LogP contribution in [0.4, 0.5) is 0 Å². The lowest BCUT2D eigenvalue weighted by molar-refractivity contribution is 0.559. The van der Waals surface area contributed by atoms with Gasteiger partial charge in [0.2, 0.25) is 0 Å². The van der Waals surface area contributed by atoms with Crippen molar-refractivity contribution >= 4 is 34.2 Å². The highest BCUT2D eigenvalue weighted by Gasteiger charge is 2.18. The molecule has 0 aliphatic rings. The van der Waals surface area contributed by atoms with Crippen molar-refractivity contribution in [2.24, 2.45) is 7.05 Å². The van der Waals surface area contributed by atoms with E-state index in [1.165, 1.54) is 0 Å². The van der Waals surface area contributed by atoms with Gasteiger partial charge in [0.15, 0.2) is 0 Å². The Kier molecular flexibility index (Phi) is 4.58. The van der Waals surface area contributed by atoms with E-state index in [-0.39, 0.29) is 6.04 Å². The second-order valence-electron chi connectivity index (χ2n) is 3.91. The molecule has 0 saturated heterocycles. The topological polar surface area (TPSA) is 42.7 Å². The Labute approximate surface area is 125 Å². The number of hydrogen-bond acceptors (Lipinski definition) is 3. The molecule has 1 unspecified atom stereocenters. The van der Waals surface area contributed by atoms with Gasteiger partial charge in [0, 0.05) is 10.6 Å². The predicted molar refractivity (Wildman–Crippen MR) is 80.7 cm³/mol. The lowest BCUT2D eigenvalue weighted by Crippen LogP contribution is -2.25. The summed E-state index contributed by atoms with van der Waals surface area (Å²) in [7, 11) is 1.89. The molecule has 0 fully saturated rings. The van der Waals surface area contributed by atoms with Crippen LogP contribution < -0.4 is 5.32 Å². The van der Waals surface area contributed by atoms with Crippen molar-refractivity contribution in [3.05, 3.63) is 44.5 Å². The molecular weight excluding hydrogens is 363 g/mol. The summed E-state index contributed by atoms with van der Waals surface area (Å²) in [5, 5.41) is 8.28. The van der Waals surface area contributed by atoms with Gasteiger partial charge in [-0.1, -0.05) is 24.6 Å². The molecule has 96 valence electrons. The summed E-state index contributed by atoms with van der Waals surface area (Å²) in [6.07, 6.45) is 1.56. The quantitative estimate of drug-likeness (QED) is 0.835. The van der Waals surface area contributed by atoms with E-state index in [4.69, 9.17) is 11.6 Å². The molecule has 1 N–H and O–H groups in total. The van der Waals surface area contributed by atoms with Crippen molar-refractivity contribution in [1.29, 1.82) is 0 Å². The Morgan fingerprint density at radius 3 is 2.83 bits per heavy atom. The van der Waals surface area contributed by atoms with Crippen LogP contribution in [-0.4, -0.2) is 21.3 Å². The lowest BCUT2D eigenvalue weighted by Gasteiger charge is -2.17. The number of halogens is 2. The van der Waals surface area contributed by atoms with Crippen molar-refractivity contribution < 1.29 is 0 Å². The second kappa shape index (κ2) is 5.99. The van der Waals surface area contributed by atoms with E-state index in [2.05, 4.69) is 51.0 Å². The largest absolute Gasteiger partial charge is 0.304 e. The molecule has 0 bridgehead atoms. The summed E-state index contributed by atoms with van der Waals surface area (Å²) < 4.78 is 2.82. The maximum Gasteiger partial charge on any atom is 0.148 e. The molecule has 0 aliphatic carbocycles. The van der Waals surface area contributed by atoms with Gasteiger partial charge in [-0.25, -0.2) is 4.98 Å². The Morgan fingerprint density at radius 1 is 1.50 bits per heavy atom. The Bertz CT molecular complexity index is 541. The van der Waals surface area contributed by atoms with Gasteiger partial charge in [-0.15, -0.1) is 0 Å². The first kappa shape index (κ1) is 13.8. The molecule has 0 spiro atoms. The second-order valence-corrected chi connectivity index (χ2v) is 5.48. The fourth-order valence-electron chi connectivity index (χ4n) is 1.82. The van der Waals surface area contributed by atoms with Crippen LogP contribution in [0.3, 0.4) is 0 Å². The molecule has 0 saturated carbocycles. The highest BCUT2D eigenvalue weighted by Crippen LogP contribution is 2.26. The molecule has 18 heavy (non-hydrogen) atoms. The zero-order valence-electron chi connectivity index (χ0n) is 10.2. The molecule has 2 aromatic rings. The summed E-state index contributed by atoms with van der Waals surface area (Å²) in [4.78, 5) is 4.31. The Hall–Kier alpha value is -0.660. The minimum absolute atomic E-state index is 0.0111. The van der Waals surface area contributed by atoms with Crippen molar-refractivity contribution in [3.63, 3.8) is 0 Å². The van der Waals surface area contributed by atoms with Gasteiger partial charge >= 0.3 is 0 Å². The number of nitrogens with zero attached hydrogens (tertiary/aromatic N) is 3. The minimum atomic E-state index is 0.0111. The van der Waals surface area contributed by atoms with Crippen molar-refractivity contribution in [2.45, 2.75) is 13.0 Å². The fraction of sp³-hybridized carbons (Fsp3) is 0.333. The number of aromatic nitrogens is 3. The number of hydrogen-bond donors (Lipinski definition) is 1. The first-order valence-corrected chi connectivity index (χ1v) is 7.11. The summed E-state index contributed by atoms with van der Waals surface area (Å²) in [6.45, 7) is 2.92.